The second kappa shape index (κ2) is 8.83. The molecule has 0 fully saturated rings. The number of nitrogens with zero attached hydrogens (tertiary/aromatic N) is 2. The molecule has 0 amide bonds. The van der Waals surface area contributed by atoms with Crippen molar-refractivity contribution in [3.63, 3.8) is 0 Å². The Labute approximate surface area is 132 Å². The van der Waals surface area contributed by atoms with Crippen LogP contribution in [-0.4, -0.2) is 15.7 Å². The molecule has 0 saturated carbocycles. The van der Waals surface area contributed by atoms with Crippen LogP contribution in [0.2, 0.25) is 0 Å². The molecule has 2 rings (SSSR count). The maximum absolute atomic E-state index is 4.47. The fourth-order valence-corrected chi connectivity index (χ4v) is 3.08. The van der Waals surface area contributed by atoms with Gasteiger partial charge < -0.3 is 0 Å². The van der Waals surface area contributed by atoms with Gasteiger partial charge in [0.2, 0.25) is 0 Å². The van der Waals surface area contributed by atoms with E-state index in [0.29, 0.717) is 0 Å². The molecule has 112 valence electrons. The zero-order valence-electron chi connectivity index (χ0n) is 13.0. The molecule has 0 radical (unpaired) electrons. The highest BCUT2D eigenvalue weighted by Crippen LogP contribution is 2.23. The molecule has 0 unspecified atom stereocenters. The van der Waals surface area contributed by atoms with Crippen LogP contribution in [0.5, 0.6) is 0 Å². The van der Waals surface area contributed by atoms with Gasteiger partial charge in [-0.15, -0.1) is 11.8 Å². The van der Waals surface area contributed by atoms with Crippen LogP contribution in [0.25, 0.3) is 11.4 Å². The molecule has 0 atom stereocenters. The van der Waals surface area contributed by atoms with Gasteiger partial charge in [-0.2, -0.15) is 0 Å². The Kier molecular flexibility index (Phi) is 6.74. The van der Waals surface area contributed by atoms with E-state index < -0.39 is 0 Å². The van der Waals surface area contributed by atoms with E-state index >= 15 is 0 Å². The van der Waals surface area contributed by atoms with Gasteiger partial charge in [-0.25, -0.2) is 9.97 Å². The molecule has 1 heterocycles. The van der Waals surface area contributed by atoms with Gasteiger partial charge in [-0.1, -0.05) is 45.2 Å². The third-order valence-corrected chi connectivity index (χ3v) is 4.47. The van der Waals surface area contributed by atoms with Crippen molar-refractivity contribution in [2.75, 3.05) is 5.75 Å². The zero-order chi connectivity index (χ0) is 14.9. The Balaban J connectivity index is 1.94. The molecule has 1 aromatic carbocycles. The Morgan fingerprint density at radius 1 is 0.905 bits per heavy atom. The average molecular weight is 300 g/mol. The highest BCUT2D eigenvalue weighted by Gasteiger charge is 2.02. The van der Waals surface area contributed by atoms with E-state index in [1.165, 1.54) is 35.5 Å². The normalized spacial score (nSPS) is 10.8. The van der Waals surface area contributed by atoms with Crippen LogP contribution < -0.4 is 0 Å². The van der Waals surface area contributed by atoms with Crippen molar-refractivity contribution in [1.29, 1.82) is 0 Å². The van der Waals surface area contributed by atoms with Crippen LogP contribution in [0.15, 0.2) is 41.6 Å². The van der Waals surface area contributed by atoms with E-state index in [9.17, 15) is 0 Å². The van der Waals surface area contributed by atoms with Crippen molar-refractivity contribution in [3.8, 4) is 11.4 Å². The second-order valence-electron chi connectivity index (χ2n) is 5.24. The summed E-state index contributed by atoms with van der Waals surface area (Å²) in [7, 11) is 0. The topological polar surface area (TPSA) is 25.8 Å². The molecule has 2 nitrogen and oxygen atoms in total. The minimum absolute atomic E-state index is 0.817. The number of rotatable bonds is 8. The summed E-state index contributed by atoms with van der Waals surface area (Å²) in [5.41, 5.74) is 2.31. The van der Waals surface area contributed by atoms with Crippen molar-refractivity contribution in [2.24, 2.45) is 0 Å². The molecule has 3 heteroatoms. The lowest BCUT2D eigenvalue weighted by molar-refractivity contribution is 0.778. The Morgan fingerprint density at radius 2 is 1.62 bits per heavy atom. The first-order chi connectivity index (χ1) is 10.3. The van der Waals surface area contributed by atoms with Gasteiger partial charge in [0.1, 0.15) is 0 Å². The summed E-state index contributed by atoms with van der Waals surface area (Å²) in [6.45, 7) is 4.41. The van der Waals surface area contributed by atoms with Crippen LogP contribution in [0.4, 0.5) is 0 Å². The van der Waals surface area contributed by atoms with Gasteiger partial charge in [0, 0.05) is 22.9 Å². The lowest BCUT2D eigenvalue weighted by Gasteiger charge is -2.04. The molecule has 2 aromatic rings. The number of hydrogen-bond donors (Lipinski definition) is 0. The molecule has 0 aliphatic carbocycles. The predicted molar refractivity (Wildman–Crippen MR) is 91.7 cm³/mol. The van der Waals surface area contributed by atoms with Gasteiger partial charge in [0.25, 0.3) is 0 Å². The molecule has 0 aliphatic rings. The molecule has 0 N–H and O–H groups in total. The standard InChI is InChI=1S/C18H24N2S/c1-3-5-6-12-21-17-10-8-16(9-11-17)18-19-13-15(7-4-2)14-20-18/h8-11,13-14H,3-7,12H2,1-2H3. The van der Waals surface area contributed by atoms with Crippen LogP contribution in [0.1, 0.15) is 45.1 Å². The van der Waals surface area contributed by atoms with Crippen molar-refractivity contribution in [3.05, 3.63) is 42.2 Å². The van der Waals surface area contributed by atoms with Gasteiger partial charge >= 0.3 is 0 Å². The van der Waals surface area contributed by atoms with E-state index in [-0.39, 0.29) is 0 Å². The first-order valence-corrected chi connectivity index (χ1v) is 8.86. The van der Waals surface area contributed by atoms with Gasteiger partial charge in [-0.3, -0.25) is 0 Å². The van der Waals surface area contributed by atoms with Crippen molar-refractivity contribution in [1.82, 2.24) is 9.97 Å². The number of benzene rings is 1. The summed E-state index contributed by atoms with van der Waals surface area (Å²) in [6, 6.07) is 8.60. The van der Waals surface area contributed by atoms with Crippen LogP contribution in [0, 0.1) is 0 Å². The van der Waals surface area contributed by atoms with Crippen molar-refractivity contribution >= 4 is 11.8 Å². The highest BCUT2D eigenvalue weighted by atomic mass is 32.2. The van der Waals surface area contributed by atoms with Gasteiger partial charge in [-0.05, 0) is 36.3 Å². The fraction of sp³-hybridized carbons (Fsp3) is 0.444. The largest absolute Gasteiger partial charge is 0.236 e. The van der Waals surface area contributed by atoms with Crippen LogP contribution in [-0.2, 0) is 6.42 Å². The Hall–Kier alpha value is -1.35. The molecule has 0 saturated heterocycles. The third-order valence-electron chi connectivity index (χ3n) is 3.37. The zero-order valence-corrected chi connectivity index (χ0v) is 13.8. The highest BCUT2D eigenvalue weighted by molar-refractivity contribution is 7.99. The maximum atomic E-state index is 4.47. The third kappa shape index (κ3) is 5.16. The summed E-state index contributed by atoms with van der Waals surface area (Å²) < 4.78 is 0. The first-order valence-electron chi connectivity index (χ1n) is 7.87. The number of hydrogen-bond acceptors (Lipinski definition) is 3. The number of aromatic nitrogens is 2. The maximum Gasteiger partial charge on any atom is 0.159 e. The number of unbranched alkanes of at least 4 members (excludes halogenated alkanes) is 2. The smallest absolute Gasteiger partial charge is 0.159 e. The number of aryl methyl sites for hydroxylation is 1. The van der Waals surface area contributed by atoms with Crippen molar-refractivity contribution < 1.29 is 0 Å². The lowest BCUT2D eigenvalue weighted by atomic mass is 10.2. The lowest BCUT2D eigenvalue weighted by Crippen LogP contribution is -1.92. The Bertz CT molecular complexity index is 520. The second-order valence-corrected chi connectivity index (χ2v) is 6.41. The summed E-state index contributed by atoms with van der Waals surface area (Å²) in [4.78, 5) is 10.3. The predicted octanol–water partition coefficient (Wildman–Crippen LogP) is 5.38. The minimum Gasteiger partial charge on any atom is -0.236 e. The van der Waals surface area contributed by atoms with Gasteiger partial charge in [0.05, 0.1) is 0 Å². The molecule has 0 spiro atoms. The summed E-state index contributed by atoms with van der Waals surface area (Å²) >= 11 is 1.93. The monoisotopic (exact) mass is 300 g/mol. The summed E-state index contributed by atoms with van der Waals surface area (Å²) in [6.07, 6.45) is 9.97. The molecular formula is C18H24N2S. The van der Waals surface area contributed by atoms with Gasteiger partial charge in [0.15, 0.2) is 5.82 Å². The van der Waals surface area contributed by atoms with E-state index in [1.54, 1.807) is 0 Å². The molecule has 1 aromatic heterocycles. The average Bonchev–Trinajstić information content (AvgIpc) is 2.53. The molecular weight excluding hydrogens is 276 g/mol. The first kappa shape index (κ1) is 16.0. The Morgan fingerprint density at radius 3 is 2.24 bits per heavy atom. The summed E-state index contributed by atoms with van der Waals surface area (Å²) in [5.74, 6) is 2.02. The van der Waals surface area contributed by atoms with Crippen molar-refractivity contribution in [2.45, 2.75) is 50.8 Å². The SMILES string of the molecule is CCCCCSc1ccc(-c2ncc(CCC)cn2)cc1. The summed E-state index contributed by atoms with van der Waals surface area (Å²) in [5, 5.41) is 0. The number of thioether (sulfide) groups is 1. The van der Waals surface area contributed by atoms with Crippen LogP contribution >= 0.6 is 11.8 Å². The van der Waals surface area contributed by atoms with E-state index in [1.807, 2.05) is 24.2 Å². The fourth-order valence-electron chi connectivity index (χ4n) is 2.16. The van der Waals surface area contributed by atoms with E-state index in [2.05, 4.69) is 48.1 Å². The van der Waals surface area contributed by atoms with E-state index in [4.69, 9.17) is 0 Å². The van der Waals surface area contributed by atoms with Crippen LogP contribution in [0.3, 0.4) is 0 Å². The van der Waals surface area contributed by atoms with E-state index in [0.717, 1.165) is 24.2 Å². The molecule has 0 aliphatic heterocycles. The molecule has 21 heavy (non-hydrogen) atoms. The minimum atomic E-state index is 0.817. The molecule has 0 bridgehead atoms. The quantitative estimate of drug-likeness (QED) is 0.483.